The summed E-state index contributed by atoms with van der Waals surface area (Å²) in [4.78, 5) is 3.76. The van der Waals surface area contributed by atoms with E-state index >= 15 is 0 Å². The standard InChI is InChI=1S/C12H22N2S2/c1-9(8-15-4)14(3)12(10(2)13)11-6-5-7-16-11/h5-7,9-10,12H,8,13H2,1-4H3. The van der Waals surface area contributed by atoms with Crippen LogP contribution in [0.5, 0.6) is 0 Å². The van der Waals surface area contributed by atoms with Gasteiger partial charge in [-0.3, -0.25) is 4.90 Å². The average Bonchev–Trinajstić information content (AvgIpc) is 2.71. The number of nitrogens with zero attached hydrogens (tertiary/aromatic N) is 1. The summed E-state index contributed by atoms with van der Waals surface area (Å²) < 4.78 is 0. The third-order valence-electron chi connectivity index (χ3n) is 2.87. The Balaban J connectivity index is 2.78. The number of likely N-dealkylation sites (N-methyl/N-ethyl adjacent to an activating group) is 1. The van der Waals surface area contributed by atoms with E-state index in [-0.39, 0.29) is 6.04 Å². The molecule has 0 saturated heterocycles. The first-order valence-electron chi connectivity index (χ1n) is 5.57. The monoisotopic (exact) mass is 258 g/mol. The van der Waals surface area contributed by atoms with Gasteiger partial charge in [-0.15, -0.1) is 11.3 Å². The summed E-state index contributed by atoms with van der Waals surface area (Å²) in [6.45, 7) is 4.35. The van der Waals surface area contributed by atoms with Crippen LogP contribution in [0.1, 0.15) is 24.8 Å². The number of thioether (sulfide) groups is 1. The van der Waals surface area contributed by atoms with E-state index in [2.05, 4.69) is 49.6 Å². The number of thiophene rings is 1. The van der Waals surface area contributed by atoms with Crippen molar-refractivity contribution >= 4 is 23.1 Å². The molecule has 0 aliphatic heterocycles. The van der Waals surface area contributed by atoms with Crippen molar-refractivity contribution in [3.63, 3.8) is 0 Å². The molecule has 0 aromatic carbocycles. The molecule has 1 rings (SSSR count). The van der Waals surface area contributed by atoms with E-state index in [4.69, 9.17) is 5.73 Å². The van der Waals surface area contributed by atoms with Gasteiger partial charge in [-0.2, -0.15) is 11.8 Å². The summed E-state index contributed by atoms with van der Waals surface area (Å²) in [5.41, 5.74) is 6.12. The van der Waals surface area contributed by atoms with Crippen LogP contribution in [-0.4, -0.2) is 36.0 Å². The maximum Gasteiger partial charge on any atom is 0.0590 e. The maximum atomic E-state index is 6.12. The highest BCUT2D eigenvalue weighted by Crippen LogP contribution is 2.28. The predicted octanol–water partition coefficient (Wildman–Crippen LogP) is 2.82. The number of hydrogen-bond donors (Lipinski definition) is 1. The van der Waals surface area contributed by atoms with Gasteiger partial charge in [0.2, 0.25) is 0 Å². The highest BCUT2D eigenvalue weighted by Gasteiger charge is 2.25. The van der Waals surface area contributed by atoms with E-state index in [9.17, 15) is 0 Å². The molecule has 0 radical (unpaired) electrons. The van der Waals surface area contributed by atoms with Crippen molar-refractivity contribution in [1.29, 1.82) is 0 Å². The number of rotatable bonds is 6. The zero-order valence-electron chi connectivity index (χ0n) is 10.5. The van der Waals surface area contributed by atoms with Gasteiger partial charge in [-0.05, 0) is 38.6 Å². The van der Waals surface area contributed by atoms with Crippen LogP contribution in [0.15, 0.2) is 17.5 Å². The zero-order valence-corrected chi connectivity index (χ0v) is 12.1. The molecule has 1 aromatic heterocycles. The Kier molecular flexibility index (Phi) is 5.83. The van der Waals surface area contributed by atoms with Gasteiger partial charge in [-0.1, -0.05) is 6.07 Å². The van der Waals surface area contributed by atoms with Crippen LogP contribution >= 0.6 is 23.1 Å². The minimum absolute atomic E-state index is 0.160. The highest BCUT2D eigenvalue weighted by molar-refractivity contribution is 7.98. The van der Waals surface area contributed by atoms with Gasteiger partial charge in [0.1, 0.15) is 0 Å². The van der Waals surface area contributed by atoms with E-state index < -0.39 is 0 Å². The molecular weight excluding hydrogens is 236 g/mol. The van der Waals surface area contributed by atoms with Crippen molar-refractivity contribution in [2.24, 2.45) is 5.73 Å². The average molecular weight is 258 g/mol. The van der Waals surface area contributed by atoms with Gasteiger partial charge in [0.05, 0.1) is 6.04 Å². The van der Waals surface area contributed by atoms with Gasteiger partial charge in [0, 0.05) is 22.7 Å². The van der Waals surface area contributed by atoms with Crippen molar-refractivity contribution in [3.8, 4) is 0 Å². The molecule has 3 unspecified atom stereocenters. The third-order valence-corrected chi connectivity index (χ3v) is 4.63. The Morgan fingerprint density at radius 2 is 2.19 bits per heavy atom. The van der Waals surface area contributed by atoms with Crippen molar-refractivity contribution in [2.45, 2.75) is 32.0 Å². The first-order valence-corrected chi connectivity index (χ1v) is 7.85. The largest absolute Gasteiger partial charge is 0.326 e. The Hall–Kier alpha value is -0.0300. The van der Waals surface area contributed by atoms with Crippen molar-refractivity contribution in [3.05, 3.63) is 22.4 Å². The highest BCUT2D eigenvalue weighted by atomic mass is 32.2. The van der Waals surface area contributed by atoms with Gasteiger partial charge in [-0.25, -0.2) is 0 Å². The molecule has 1 heterocycles. The summed E-state index contributed by atoms with van der Waals surface area (Å²) in [6, 6.07) is 5.33. The topological polar surface area (TPSA) is 29.3 Å². The lowest BCUT2D eigenvalue weighted by Crippen LogP contribution is -2.42. The molecule has 92 valence electrons. The fourth-order valence-electron chi connectivity index (χ4n) is 1.92. The predicted molar refractivity (Wildman–Crippen MR) is 76.3 cm³/mol. The second-order valence-corrected chi connectivity index (χ2v) is 6.18. The molecule has 0 amide bonds. The summed E-state index contributed by atoms with van der Waals surface area (Å²) in [5.74, 6) is 1.14. The molecule has 1 aromatic rings. The van der Waals surface area contributed by atoms with Crippen LogP contribution in [0.25, 0.3) is 0 Å². The molecule has 4 heteroatoms. The van der Waals surface area contributed by atoms with Crippen LogP contribution in [0.4, 0.5) is 0 Å². The molecular formula is C12H22N2S2. The van der Waals surface area contributed by atoms with Gasteiger partial charge < -0.3 is 5.73 Å². The normalized spacial score (nSPS) is 17.4. The summed E-state index contributed by atoms with van der Waals surface area (Å²) in [5, 5.41) is 2.12. The Labute approximate surface area is 107 Å². The second kappa shape index (κ2) is 6.64. The van der Waals surface area contributed by atoms with Gasteiger partial charge in [0.25, 0.3) is 0 Å². The smallest absolute Gasteiger partial charge is 0.0590 e. The fraction of sp³-hybridized carbons (Fsp3) is 0.667. The molecule has 0 fully saturated rings. The minimum atomic E-state index is 0.160. The van der Waals surface area contributed by atoms with Crippen LogP contribution in [-0.2, 0) is 0 Å². The molecule has 0 spiro atoms. The molecule has 2 nitrogen and oxygen atoms in total. The van der Waals surface area contributed by atoms with Crippen molar-refractivity contribution in [1.82, 2.24) is 4.90 Å². The van der Waals surface area contributed by atoms with Crippen LogP contribution in [0, 0.1) is 0 Å². The van der Waals surface area contributed by atoms with Crippen molar-refractivity contribution in [2.75, 3.05) is 19.1 Å². The fourth-order valence-corrected chi connectivity index (χ4v) is 3.63. The molecule has 2 N–H and O–H groups in total. The molecule has 0 bridgehead atoms. The van der Waals surface area contributed by atoms with E-state index in [1.807, 2.05) is 11.8 Å². The van der Waals surface area contributed by atoms with Crippen LogP contribution in [0.2, 0.25) is 0 Å². The molecule has 0 aliphatic rings. The zero-order chi connectivity index (χ0) is 12.1. The summed E-state index contributed by atoms with van der Waals surface area (Å²) >= 11 is 3.68. The number of nitrogens with two attached hydrogens (primary N) is 1. The van der Waals surface area contributed by atoms with Crippen LogP contribution in [0.3, 0.4) is 0 Å². The molecule has 0 saturated carbocycles. The lowest BCUT2D eigenvalue weighted by Gasteiger charge is -2.34. The lowest BCUT2D eigenvalue weighted by atomic mass is 10.1. The molecule has 16 heavy (non-hydrogen) atoms. The molecule has 3 atom stereocenters. The Bertz CT molecular complexity index is 285. The SMILES string of the molecule is CSCC(C)N(C)C(c1cccs1)C(C)N. The number of hydrogen-bond acceptors (Lipinski definition) is 4. The van der Waals surface area contributed by atoms with Crippen LogP contribution < -0.4 is 5.73 Å². The van der Waals surface area contributed by atoms with Gasteiger partial charge in [0.15, 0.2) is 0 Å². The Morgan fingerprint density at radius 3 is 2.62 bits per heavy atom. The first-order chi connectivity index (χ1) is 7.57. The summed E-state index contributed by atoms with van der Waals surface area (Å²) in [6.07, 6.45) is 2.15. The van der Waals surface area contributed by atoms with E-state index in [0.717, 1.165) is 5.75 Å². The third kappa shape index (κ3) is 3.48. The van der Waals surface area contributed by atoms with Crippen molar-refractivity contribution < 1.29 is 0 Å². The first kappa shape index (κ1) is 14.0. The summed E-state index contributed by atoms with van der Waals surface area (Å²) in [7, 11) is 2.18. The quantitative estimate of drug-likeness (QED) is 0.851. The second-order valence-electron chi connectivity index (χ2n) is 4.29. The van der Waals surface area contributed by atoms with E-state index in [1.165, 1.54) is 4.88 Å². The lowest BCUT2D eigenvalue weighted by molar-refractivity contribution is 0.181. The van der Waals surface area contributed by atoms with E-state index in [1.54, 1.807) is 11.3 Å². The minimum Gasteiger partial charge on any atom is -0.326 e. The van der Waals surface area contributed by atoms with E-state index in [0.29, 0.717) is 12.1 Å². The maximum absolute atomic E-state index is 6.12. The van der Waals surface area contributed by atoms with Gasteiger partial charge >= 0.3 is 0 Å². The molecule has 0 aliphatic carbocycles. The Morgan fingerprint density at radius 1 is 1.50 bits per heavy atom.